The van der Waals surface area contributed by atoms with Crippen molar-refractivity contribution in [3.05, 3.63) is 83.4 Å². The average molecular weight is 500 g/mol. The highest BCUT2D eigenvalue weighted by Crippen LogP contribution is 2.33. The Morgan fingerprint density at radius 1 is 1.03 bits per heavy atom. The van der Waals surface area contributed by atoms with Crippen LogP contribution in [0, 0.1) is 13.8 Å². The van der Waals surface area contributed by atoms with Gasteiger partial charge in [0, 0.05) is 11.2 Å². The lowest BCUT2D eigenvalue weighted by molar-refractivity contribution is -0.128. The molecule has 1 heterocycles. The van der Waals surface area contributed by atoms with Crippen molar-refractivity contribution in [2.24, 2.45) is 0 Å². The lowest BCUT2D eigenvalue weighted by atomic mass is 9.99. The van der Waals surface area contributed by atoms with Crippen molar-refractivity contribution >= 4 is 28.5 Å². The lowest BCUT2D eigenvalue weighted by Crippen LogP contribution is -2.50. The van der Waals surface area contributed by atoms with Crippen LogP contribution in [0.1, 0.15) is 43.5 Å². The minimum Gasteiger partial charge on any atom is -0.497 e. The Bertz CT molecular complexity index is 1440. The van der Waals surface area contributed by atoms with Crippen molar-refractivity contribution in [1.82, 2.24) is 20.3 Å². The Balaban J connectivity index is 1.88. The Labute approximate surface area is 217 Å². The van der Waals surface area contributed by atoms with Crippen LogP contribution in [0.25, 0.3) is 11.0 Å². The quantitative estimate of drug-likeness (QED) is 0.397. The van der Waals surface area contributed by atoms with E-state index in [0.717, 1.165) is 16.6 Å². The van der Waals surface area contributed by atoms with Crippen molar-refractivity contribution in [2.45, 2.75) is 52.7 Å². The van der Waals surface area contributed by atoms with Gasteiger partial charge >= 0.3 is 0 Å². The van der Waals surface area contributed by atoms with Crippen molar-refractivity contribution in [3.8, 4) is 5.75 Å². The molecule has 0 spiro atoms. The molecular formula is C29H33N5O3. The summed E-state index contributed by atoms with van der Waals surface area (Å²) in [6, 6.07) is 19.7. The summed E-state index contributed by atoms with van der Waals surface area (Å²) < 4.78 is 7.02. The Morgan fingerprint density at radius 2 is 1.78 bits per heavy atom. The predicted octanol–water partition coefficient (Wildman–Crippen LogP) is 4.75. The van der Waals surface area contributed by atoms with Gasteiger partial charge in [0.2, 0.25) is 11.8 Å². The van der Waals surface area contributed by atoms with Gasteiger partial charge in [-0.25, -0.2) is 4.68 Å². The maximum atomic E-state index is 14.2. The summed E-state index contributed by atoms with van der Waals surface area (Å²) in [5.74, 6) is 0.0152. The summed E-state index contributed by atoms with van der Waals surface area (Å²) in [4.78, 5) is 29.7. The van der Waals surface area contributed by atoms with Crippen LogP contribution >= 0.6 is 0 Å². The van der Waals surface area contributed by atoms with Gasteiger partial charge in [0.05, 0.1) is 12.6 Å². The lowest BCUT2D eigenvalue weighted by Gasteiger charge is -2.35. The van der Waals surface area contributed by atoms with Crippen LogP contribution in [-0.4, -0.2) is 39.5 Å². The zero-order valence-electron chi connectivity index (χ0n) is 22.1. The average Bonchev–Trinajstić information content (AvgIpc) is 3.25. The SMILES string of the molecule is COc1cccc(C(C(=O)NC(C)(C)C)N(C(=O)Cn2nnc3ccccc32)c2cc(C)ccc2C)c1. The second-order valence-corrected chi connectivity index (χ2v) is 10.2. The minimum atomic E-state index is -0.947. The van der Waals surface area contributed by atoms with Gasteiger partial charge in [-0.2, -0.15) is 0 Å². The molecule has 3 aromatic carbocycles. The summed E-state index contributed by atoms with van der Waals surface area (Å²) >= 11 is 0. The first-order valence-corrected chi connectivity index (χ1v) is 12.2. The van der Waals surface area contributed by atoms with Gasteiger partial charge in [0.1, 0.15) is 23.9 Å². The molecule has 1 N–H and O–H groups in total. The van der Waals surface area contributed by atoms with Crippen LogP contribution in [0.3, 0.4) is 0 Å². The number of methoxy groups -OCH3 is 1. The monoisotopic (exact) mass is 499 g/mol. The molecule has 4 aromatic rings. The highest BCUT2D eigenvalue weighted by atomic mass is 16.5. The van der Waals surface area contributed by atoms with E-state index in [2.05, 4.69) is 15.6 Å². The Hall–Kier alpha value is -4.20. The molecule has 192 valence electrons. The first-order valence-electron chi connectivity index (χ1n) is 12.2. The van der Waals surface area contributed by atoms with Gasteiger partial charge in [-0.05, 0) is 81.6 Å². The molecule has 0 aliphatic carbocycles. The van der Waals surface area contributed by atoms with Crippen molar-refractivity contribution in [2.75, 3.05) is 12.0 Å². The van der Waals surface area contributed by atoms with E-state index < -0.39 is 11.6 Å². The second-order valence-electron chi connectivity index (χ2n) is 10.2. The van der Waals surface area contributed by atoms with E-state index in [1.165, 1.54) is 0 Å². The van der Waals surface area contributed by atoms with Crippen LogP contribution in [0.15, 0.2) is 66.7 Å². The fraction of sp³-hybridized carbons (Fsp3) is 0.310. The number of anilines is 1. The van der Waals surface area contributed by atoms with Crippen LogP contribution in [0.5, 0.6) is 5.75 Å². The number of aromatic nitrogens is 3. The number of ether oxygens (including phenoxy) is 1. The Kier molecular flexibility index (Phi) is 7.29. The van der Waals surface area contributed by atoms with E-state index in [-0.39, 0.29) is 18.4 Å². The summed E-state index contributed by atoms with van der Waals surface area (Å²) in [6.07, 6.45) is 0. The van der Waals surface area contributed by atoms with Gasteiger partial charge in [-0.3, -0.25) is 14.5 Å². The first kappa shape index (κ1) is 25.9. The molecule has 0 aliphatic rings. The van der Waals surface area contributed by atoms with Crippen LogP contribution in [-0.2, 0) is 16.1 Å². The number of hydrogen-bond acceptors (Lipinski definition) is 5. The molecule has 0 aliphatic heterocycles. The van der Waals surface area contributed by atoms with Gasteiger partial charge in [0.15, 0.2) is 0 Å². The third kappa shape index (κ3) is 5.80. The molecule has 4 rings (SSSR count). The minimum absolute atomic E-state index is 0.0861. The van der Waals surface area contributed by atoms with E-state index in [1.54, 1.807) is 22.8 Å². The van der Waals surface area contributed by atoms with Gasteiger partial charge < -0.3 is 10.1 Å². The zero-order valence-corrected chi connectivity index (χ0v) is 22.1. The molecule has 0 bridgehead atoms. The van der Waals surface area contributed by atoms with Gasteiger partial charge in [0.25, 0.3) is 0 Å². The molecule has 1 atom stereocenters. The number of rotatable bonds is 7. The molecule has 0 fully saturated rings. The molecule has 0 saturated carbocycles. The number of hydrogen-bond donors (Lipinski definition) is 1. The molecule has 0 radical (unpaired) electrons. The molecule has 2 amide bonds. The molecule has 8 nitrogen and oxygen atoms in total. The van der Waals surface area contributed by atoms with Crippen LogP contribution in [0.2, 0.25) is 0 Å². The van der Waals surface area contributed by atoms with Gasteiger partial charge in [-0.15, -0.1) is 5.10 Å². The standard InChI is InChI=1S/C29H33N5O3/c1-19-14-15-20(2)25(16-19)34(26(35)18-33-24-13-8-7-12-23(24)31-32-33)27(28(36)30-29(3,4)5)21-10-9-11-22(17-21)37-6/h7-17,27H,18H2,1-6H3,(H,30,36). The molecule has 37 heavy (non-hydrogen) atoms. The normalized spacial score (nSPS) is 12.3. The second kappa shape index (κ2) is 10.4. The zero-order chi connectivity index (χ0) is 26.7. The number of carbonyl (C=O) groups is 2. The smallest absolute Gasteiger partial charge is 0.249 e. The maximum absolute atomic E-state index is 14.2. The first-order chi connectivity index (χ1) is 17.6. The molecular weight excluding hydrogens is 466 g/mol. The van der Waals surface area contributed by atoms with Crippen molar-refractivity contribution in [3.63, 3.8) is 0 Å². The third-order valence-corrected chi connectivity index (χ3v) is 6.01. The van der Waals surface area contributed by atoms with E-state index in [1.807, 2.05) is 95.3 Å². The summed E-state index contributed by atoms with van der Waals surface area (Å²) in [7, 11) is 1.58. The van der Waals surface area contributed by atoms with Gasteiger partial charge in [-0.1, -0.05) is 41.6 Å². The summed E-state index contributed by atoms with van der Waals surface area (Å²) in [5.41, 5.74) is 4.08. The molecule has 1 unspecified atom stereocenters. The highest BCUT2D eigenvalue weighted by molar-refractivity contribution is 6.02. The number of nitrogens with zero attached hydrogens (tertiary/aromatic N) is 4. The Morgan fingerprint density at radius 3 is 2.51 bits per heavy atom. The van der Waals surface area contributed by atoms with E-state index in [4.69, 9.17) is 4.74 Å². The maximum Gasteiger partial charge on any atom is 0.249 e. The topological polar surface area (TPSA) is 89.4 Å². The van der Waals surface area contributed by atoms with Crippen molar-refractivity contribution < 1.29 is 14.3 Å². The molecule has 8 heteroatoms. The van der Waals surface area contributed by atoms with Crippen LogP contribution in [0.4, 0.5) is 5.69 Å². The molecule has 0 saturated heterocycles. The predicted molar refractivity (Wildman–Crippen MR) is 145 cm³/mol. The number of nitrogens with one attached hydrogen (secondary N) is 1. The number of benzene rings is 3. The fourth-order valence-electron chi connectivity index (χ4n) is 4.30. The highest BCUT2D eigenvalue weighted by Gasteiger charge is 2.35. The van der Waals surface area contributed by atoms with E-state index in [0.29, 0.717) is 22.5 Å². The summed E-state index contributed by atoms with van der Waals surface area (Å²) in [5, 5.41) is 11.5. The number of fused-ring (bicyclic) bond motifs is 1. The fourth-order valence-corrected chi connectivity index (χ4v) is 4.30. The van der Waals surface area contributed by atoms with E-state index >= 15 is 0 Å². The number of aryl methyl sites for hydroxylation is 2. The third-order valence-electron chi connectivity index (χ3n) is 6.01. The van der Waals surface area contributed by atoms with Crippen molar-refractivity contribution in [1.29, 1.82) is 0 Å². The van der Waals surface area contributed by atoms with Crippen LogP contribution < -0.4 is 15.0 Å². The summed E-state index contributed by atoms with van der Waals surface area (Å²) in [6.45, 7) is 9.56. The largest absolute Gasteiger partial charge is 0.497 e. The number of carbonyl (C=O) groups excluding carboxylic acids is 2. The molecule has 1 aromatic heterocycles. The number of amides is 2. The number of para-hydroxylation sites is 1. The van der Waals surface area contributed by atoms with E-state index in [9.17, 15) is 9.59 Å².